The SMILES string of the molecule is COC1CCC(COC(=O)NC2CCCCC2C(=O)N[C@@H](CC2CCCCC2)[C@H](O)CN2C[C@H]3CCCC[C@H]3C[C@H]2C(=O)NC(C)(C)C)CC1. The Balaban J connectivity index is 1.23. The van der Waals surface area contributed by atoms with E-state index in [0.29, 0.717) is 49.3 Å². The molecule has 0 aromatic carbocycles. The van der Waals surface area contributed by atoms with E-state index in [9.17, 15) is 19.5 Å². The predicted molar refractivity (Wildman–Crippen MR) is 195 cm³/mol. The molecule has 50 heavy (non-hydrogen) atoms. The van der Waals surface area contributed by atoms with Crippen molar-refractivity contribution < 1.29 is 29.0 Å². The second kappa shape index (κ2) is 18.7. The third kappa shape index (κ3) is 11.5. The molecule has 4 N–H and O–H groups in total. The zero-order chi connectivity index (χ0) is 35.7. The minimum absolute atomic E-state index is 0.0484. The molecule has 4 aliphatic carbocycles. The van der Waals surface area contributed by atoms with Crippen LogP contribution in [-0.2, 0) is 19.1 Å². The minimum Gasteiger partial charge on any atom is -0.449 e. The van der Waals surface area contributed by atoms with Gasteiger partial charge in [-0.3, -0.25) is 14.5 Å². The monoisotopic (exact) mass is 703 g/mol. The lowest BCUT2D eigenvalue weighted by Crippen LogP contribution is -2.60. The van der Waals surface area contributed by atoms with Gasteiger partial charge >= 0.3 is 6.09 Å². The van der Waals surface area contributed by atoms with Crippen molar-refractivity contribution in [3.63, 3.8) is 0 Å². The highest BCUT2D eigenvalue weighted by Crippen LogP contribution is 2.39. The lowest BCUT2D eigenvalue weighted by atomic mass is 9.72. The van der Waals surface area contributed by atoms with Crippen molar-refractivity contribution >= 4 is 17.9 Å². The summed E-state index contributed by atoms with van der Waals surface area (Å²) in [6.07, 6.45) is 18.7. The average molecular weight is 703 g/mol. The van der Waals surface area contributed by atoms with Crippen LogP contribution in [0.3, 0.4) is 0 Å². The number of aliphatic hydroxyl groups is 1. The van der Waals surface area contributed by atoms with Gasteiger partial charge < -0.3 is 30.5 Å². The highest BCUT2D eigenvalue weighted by molar-refractivity contribution is 5.82. The molecule has 0 bridgehead atoms. The first kappa shape index (κ1) is 39.3. The maximum atomic E-state index is 14.1. The van der Waals surface area contributed by atoms with E-state index in [1.54, 1.807) is 7.11 Å². The molecule has 0 radical (unpaired) electrons. The fraction of sp³-hybridized carbons (Fsp3) is 0.925. The number of alkyl carbamates (subject to hydrolysis) is 1. The Kier molecular flexibility index (Phi) is 14.7. The molecule has 1 saturated heterocycles. The van der Waals surface area contributed by atoms with E-state index in [-0.39, 0.29) is 35.4 Å². The topological polar surface area (TPSA) is 129 Å². The highest BCUT2D eigenvalue weighted by Gasteiger charge is 2.42. The quantitative estimate of drug-likeness (QED) is 0.194. The molecule has 5 fully saturated rings. The molecular formula is C40H70N4O6. The van der Waals surface area contributed by atoms with Gasteiger partial charge in [0.15, 0.2) is 0 Å². The number of nitrogens with one attached hydrogen (secondary N) is 3. The van der Waals surface area contributed by atoms with E-state index in [1.165, 1.54) is 44.9 Å². The van der Waals surface area contributed by atoms with Gasteiger partial charge in [-0.1, -0.05) is 64.2 Å². The van der Waals surface area contributed by atoms with Crippen molar-refractivity contribution in [2.45, 2.75) is 179 Å². The summed E-state index contributed by atoms with van der Waals surface area (Å²) >= 11 is 0. The van der Waals surface area contributed by atoms with E-state index in [2.05, 4.69) is 20.9 Å². The predicted octanol–water partition coefficient (Wildman–Crippen LogP) is 6.09. The number of ether oxygens (including phenoxy) is 2. The van der Waals surface area contributed by atoms with E-state index in [4.69, 9.17) is 9.47 Å². The third-order valence-electron chi connectivity index (χ3n) is 12.8. The molecule has 5 rings (SSSR count). The Morgan fingerprint density at radius 2 is 1.46 bits per heavy atom. The third-order valence-corrected chi connectivity index (χ3v) is 12.8. The summed E-state index contributed by atoms with van der Waals surface area (Å²) in [5.41, 5.74) is -0.330. The molecule has 10 heteroatoms. The zero-order valence-corrected chi connectivity index (χ0v) is 31.8. The number of amides is 3. The Hall–Kier alpha value is -1.91. The van der Waals surface area contributed by atoms with Crippen molar-refractivity contribution in [1.82, 2.24) is 20.9 Å². The van der Waals surface area contributed by atoms with Crippen LogP contribution in [0.5, 0.6) is 0 Å². The largest absolute Gasteiger partial charge is 0.449 e. The number of β-amino-alcohol motifs (C(OH)–C–C–N with tert-alkyl or cyclic N) is 1. The lowest BCUT2D eigenvalue weighted by molar-refractivity contribution is -0.134. The second-order valence-electron chi connectivity index (χ2n) is 17.8. The van der Waals surface area contributed by atoms with E-state index < -0.39 is 18.2 Å². The van der Waals surface area contributed by atoms with Gasteiger partial charge in [-0.25, -0.2) is 4.79 Å². The fourth-order valence-corrected chi connectivity index (χ4v) is 9.92. The maximum absolute atomic E-state index is 14.1. The number of likely N-dealkylation sites (tertiary alicyclic amines) is 1. The molecular weight excluding hydrogens is 632 g/mol. The summed E-state index contributed by atoms with van der Waals surface area (Å²) in [6.45, 7) is 7.65. The van der Waals surface area contributed by atoms with Gasteiger partial charge in [0, 0.05) is 31.8 Å². The van der Waals surface area contributed by atoms with Crippen LogP contribution in [0.2, 0.25) is 0 Å². The normalized spacial score (nSPS) is 32.6. The molecule has 0 aromatic rings. The molecule has 0 spiro atoms. The first-order chi connectivity index (χ1) is 24.0. The van der Waals surface area contributed by atoms with Crippen molar-refractivity contribution in [1.29, 1.82) is 0 Å². The van der Waals surface area contributed by atoms with Gasteiger partial charge in [0.25, 0.3) is 0 Å². The van der Waals surface area contributed by atoms with Crippen LogP contribution in [0.1, 0.15) is 143 Å². The number of rotatable bonds is 12. The summed E-state index contributed by atoms with van der Waals surface area (Å²) in [7, 11) is 1.76. The molecule has 2 unspecified atom stereocenters. The second-order valence-corrected chi connectivity index (χ2v) is 17.8. The van der Waals surface area contributed by atoms with Crippen molar-refractivity contribution in [2.24, 2.45) is 29.6 Å². The number of fused-ring (bicyclic) bond motifs is 1. The van der Waals surface area contributed by atoms with E-state index in [1.807, 2.05) is 20.8 Å². The van der Waals surface area contributed by atoms with Gasteiger partial charge in [-0.15, -0.1) is 0 Å². The van der Waals surface area contributed by atoms with Crippen LogP contribution in [-0.4, -0.2) is 90.6 Å². The van der Waals surface area contributed by atoms with E-state index in [0.717, 1.165) is 77.2 Å². The summed E-state index contributed by atoms with van der Waals surface area (Å²) in [5.74, 6) is 1.52. The molecule has 5 aliphatic rings. The number of methoxy groups -OCH3 is 1. The van der Waals surface area contributed by atoms with Crippen molar-refractivity contribution in [3.8, 4) is 0 Å². The first-order valence-electron chi connectivity index (χ1n) is 20.5. The Morgan fingerprint density at radius 1 is 0.800 bits per heavy atom. The van der Waals surface area contributed by atoms with Crippen LogP contribution >= 0.6 is 0 Å². The van der Waals surface area contributed by atoms with Crippen LogP contribution < -0.4 is 16.0 Å². The van der Waals surface area contributed by atoms with Gasteiger partial charge in [-0.2, -0.15) is 0 Å². The minimum atomic E-state index is -0.792. The summed E-state index contributed by atoms with van der Waals surface area (Å²) < 4.78 is 11.2. The number of carbonyl (C=O) groups excluding carboxylic acids is 3. The van der Waals surface area contributed by atoms with Crippen molar-refractivity contribution in [2.75, 3.05) is 26.8 Å². The molecule has 4 saturated carbocycles. The number of aliphatic hydroxyl groups excluding tert-OH is 1. The molecule has 1 heterocycles. The van der Waals surface area contributed by atoms with Gasteiger partial charge in [-0.05, 0) is 102 Å². The molecule has 286 valence electrons. The Labute approximate surface area is 302 Å². The van der Waals surface area contributed by atoms with Gasteiger partial charge in [0.05, 0.1) is 36.8 Å². The number of piperidine rings is 1. The maximum Gasteiger partial charge on any atom is 0.407 e. The van der Waals surface area contributed by atoms with Crippen LogP contribution in [0.4, 0.5) is 4.79 Å². The number of carbonyl (C=O) groups is 3. The molecule has 10 nitrogen and oxygen atoms in total. The summed E-state index contributed by atoms with van der Waals surface area (Å²) in [4.78, 5) is 43.0. The number of nitrogens with zero attached hydrogens (tertiary/aromatic N) is 1. The van der Waals surface area contributed by atoms with E-state index >= 15 is 0 Å². The number of hydrogen-bond acceptors (Lipinski definition) is 7. The Morgan fingerprint density at radius 3 is 2.16 bits per heavy atom. The fourth-order valence-electron chi connectivity index (χ4n) is 9.92. The highest BCUT2D eigenvalue weighted by atomic mass is 16.5. The summed E-state index contributed by atoms with van der Waals surface area (Å²) in [6, 6.07) is -0.969. The van der Waals surface area contributed by atoms with Crippen LogP contribution in [0.15, 0.2) is 0 Å². The molecule has 7 atom stereocenters. The summed E-state index contributed by atoms with van der Waals surface area (Å²) in [5, 5.41) is 21.6. The molecule has 3 amide bonds. The Bertz CT molecular complexity index is 1080. The van der Waals surface area contributed by atoms with Crippen molar-refractivity contribution in [3.05, 3.63) is 0 Å². The molecule has 0 aromatic heterocycles. The van der Waals surface area contributed by atoms with Gasteiger partial charge in [0.1, 0.15) is 0 Å². The molecule has 1 aliphatic heterocycles. The average Bonchev–Trinajstić information content (AvgIpc) is 3.10. The standard InChI is InChI=1S/C40H70N4O6/c1-40(2,3)43-38(47)35-23-29-14-8-9-15-30(29)24-44(35)25-36(45)34(22-27-12-6-5-7-13-27)41-37(46)32-16-10-11-17-33(32)42-39(48)50-26-28-18-20-31(49-4)21-19-28/h27-36,45H,5-26H2,1-4H3,(H,41,46)(H,42,48)(H,43,47)/t28?,29-,30+,31?,32?,33?,34-,35-,36+/m0/s1. The van der Waals surface area contributed by atoms with Crippen LogP contribution in [0, 0.1) is 29.6 Å². The number of hydrogen-bond donors (Lipinski definition) is 4. The smallest absolute Gasteiger partial charge is 0.407 e. The van der Waals surface area contributed by atoms with Gasteiger partial charge in [0.2, 0.25) is 11.8 Å². The zero-order valence-electron chi connectivity index (χ0n) is 31.8. The first-order valence-corrected chi connectivity index (χ1v) is 20.5. The van der Waals surface area contributed by atoms with Crippen LogP contribution in [0.25, 0.3) is 0 Å². The lowest BCUT2D eigenvalue weighted by Gasteiger charge is -2.47.